The molecule has 1 rings (SSSR count). The molecule has 1 aromatic carbocycles. The molecular weight excluding hydrogens is 232 g/mol. The lowest BCUT2D eigenvalue weighted by Crippen LogP contribution is -2.29. The lowest BCUT2D eigenvalue weighted by atomic mass is 9.86. The van der Waals surface area contributed by atoms with Gasteiger partial charge in [-0.3, -0.25) is 11.3 Å². The maximum absolute atomic E-state index is 5.96. The molecular formula is C14H23ClN2. The van der Waals surface area contributed by atoms with Crippen molar-refractivity contribution in [3.05, 3.63) is 34.3 Å². The number of aryl methyl sites for hydroxylation is 1. The molecule has 0 radical (unpaired) electrons. The van der Waals surface area contributed by atoms with E-state index in [9.17, 15) is 0 Å². The molecule has 3 N–H and O–H groups in total. The molecule has 17 heavy (non-hydrogen) atoms. The summed E-state index contributed by atoms with van der Waals surface area (Å²) in [7, 11) is 0. The molecule has 0 saturated carbocycles. The zero-order chi connectivity index (χ0) is 13.1. The van der Waals surface area contributed by atoms with Crippen molar-refractivity contribution in [1.29, 1.82) is 0 Å². The van der Waals surface area contributed by atoms with Crippen molar-refractivity contribution in [3.8, 4) is 0 Å². The van der Waals surface area contributed by atoms with Gasteiger partial charge in [0.2, 0.25) is 0 Å². The predicted molar refractivity (Wildman–Crippen MR) is 74.9 cm³/mol. The molecule has 0 aliphatic heterocycles. The largest absolute Gasteiger partial charge is 0.271 e. The fourth-order valence-electron chi connectivity index (χ4n) is 1.94. The minimum absolute atomic E-state index is 0.200. The van der Waals surface area contributed by atoms with Gasteiger partial charge in [0.15, 0.2) is 0 Å². The highest BCUT2D eigenvalue weighted by Crippen LogP contribution is 2.29. The van der Waals surface area contributed by atoms with Crippen molar-refractivity contribution in [2.45, 2.75) is 46.6 Å². The molecule has 0 amide bonds. The van der Waals surface area contributed by atoms with Gasteiger partial charge in [-0.25, -0.2) is 0 Å². The number of hydrogen-bond donors (Lipinski definition) is 2. The van der Waals surface area contributed by atoms with Gasteiger partial charge in [0.25, 0.3) is 0 Å². The van der Waals surface area contributed by atoms with E-state index in [0.29, 0.717) is 5.41 Å². The monoisotopic (exact) mass is 254 g/mol. The maximum atomic E-state index is 5.96. The molecule has 0 aromatic heterocycles. The van der Waals surface area contributed by atoms with Gasteiger partial charge in [0.1, 0.15) is 0 Å². The Labute approximate surface area is 110 Å². The number of hydrazine groups is 1. The molecule has 0 heterocycles. The predicted octanol–water partition coefficient (Wildman–Crippen LogP) is 3.98. The Morgan fingerprint density at radius 2 is 2.00 bits per heavy atom. The summed E-state index contributed by atoms with van der Waals surface area (Å²) in [5.41, 5.74) is 5.66. The van der Waals surface area contributed by atoms with E-state index in [1.807, 2.05) is 12.1 Å². The second-order valence-electron chi connectivity index (χ2n) is 5.82. The first kappa shape index (κ1) is 14.5. The van der Waals surface area contributed by atoms with Gasteiger partial charge in [-0.05, 0) is 48.4 Å². The molecule has 0 saturated heterocycles. The molecule has 0 aliphatic carbocycles. The highest BCUT2D eigenvalue weighted by Gasteiger charge is 2.17. The Morgan fingerprint density at radius 3 is 2.47 bits per heavy atom. The fourth-order valence-corrected chi connectivity index (χ4v) is 2.16. The van der Waals surface area contributed by atoms with Gasteiger partial charge in [-0.15, -0.1) is 0 Å². The van der Waals surface area contributed by atoms with Crippen LogP contribution in [-0.4, -0.2) is 0 Å². The lowest BCUT2D eigenvalue weighted by Gasteiger charge is -2.24. The van der Waals surface area contributed by atoms with Crippen molar-refractivity contribution in [2.75, 3.05) is 0 Å². The Morgan fingerprint density at radius 1 is 1.35 bits per heavy atom. The van der Waals surface area contributed by atoms with E-state index in [2.05, 4.69) is 39.2 Å². The fraction of sp³-hybridized carbons (Fsp3) is 0.571. The van der Waals surface area contributed by atoms with E-state index in [0.717, 1.165) is 17.9 Å². The summed E-state index contributed by atoms with van der Waals surface area (Å²) in [6.07, 6.45) is 2.16. The zero-order valence-corrected chi connectivity index (χ0v) is 11.9. The minimum atomic E-state index is 0.200. The van der Waals surface area contributed by atoms with Gasteiger partial charge >= 0.3 is 0 Å². The molecule has 1 unspecified atom stereocenters. The van der Waals surface area contributed by atoms with E-state index >= 15 is 0 Å². The molecule has 96 valence electrons. The number of hydrogen-bond acceptors (Lipinski definition) is 2. The topological polar surface area (TPSA) is 38.0 Å². The molecule has 3 heteroatoms. The molecule has 0 spiro atoms. The van der Waals surface area contributed by atoms with Crippen molar-refractivity contribution in [1.82, 2.24) is 5.43 Å². The van der Waals surface area contributed by atoms with Gasteiger partial charge in [0.05, 0.1) is 0 Å². The maximum Gasteiger partial charge on any atom is 0.0462 e. The third-order valence-corrected chi connectivity index (χ3v) is 3.23. The second-order valence-corrected chi connectivity index (χ2v) is 6.26. The number of nitrogens with two attached hydrogens (primary N) is 1. The van der Waals surface area contributed by atoms with Crippen molar-refractivity contribution < 1.29 is 0 Å². The first-order chi connectivity index (χ1) is 7.83. The van der Waals surface area contributed by atoms with Crippen LogP contribution < -0.4 is 11.3 Å². The van der Waals surface area contributed by atoms with E-state index in [1.165, 1.54) is 11.1 Å². The highest BCUT2D eigenvalue weighted by molar-refractivity contribution is 6.30. The Hall–Kier alpha value is -0.570. The third-order valence-electron chi connectivity index (χ3n) is 2.99. The van der Waals surface area contributed by atoms with Crippen LogP contribution in [0.25, 0.3) is 0 Å². The molecule has 0 bridgehead atoms. The van der Waals surface area contributed by atoms with Crippen LogP contribution in [0.3, 0.4) is 0 Å². The number of rotatable bonds is 4. The average Bonchev–Trinajstić information content (AvgIpc) is 2.19. The van der Waals surface area contributed by atoms with Crippen LogP contribution in [0.2, 0.25) is 5.02 Å². The standard InChI is InChI=1S/C14H23ClN2/c1-10-9-11(15)5-6-12(10)13(17-16)7-8-14(2,3)4/h5-6,9,13,17H,7-8,16H2,1-4H3. The van der Waals surface area contributed by atoms with Gasteiger partial charge in [-0.1, -0.05) is 38.4 Å². The molecule has 1 aromatic rings. The summed E-state index contributed by atoms with van der Waals surface area (Å²) in [6, 6.07) is 6.17. The van der Waals surface area contributed by atoms with Crippen LogP contribution in [0.5, 0.6) is 0 Å². The van der Waals surface area contributed by atoms with Crippen molar-refractivity contribution >= 4 is 11.6 Å². The van der Waals surface area contributed by atoms with Crippen LogP contribution in [0.4, 0.5) is 0 Å². The van der Waals surface area contributed by atoms with Gasteiger partial charge in [0, 0.05) is 11.1 Å². The summed E-state index contributed by atoms with van der Waals surface area (Å²) >= 11 is 5.96. The number of benzene rings is 1. The number of nitrogens with one attached hydrogen (secondary N) is 1. The van der Waals surface area contributed by atoms with Crippen LogP contribution in [0, 0.1) is 12.3 Å². The summed E-state index contributed by atoms with van der Waals surface area (Å²) in [6.45, 7) is 8.81. The Balaban J connectivity index is 2.79. The Kier molecular flexibility index (Phi) is 4.99. The summed E-state index contributed by atoms with van der Waals surface area (Å²) in [5.74, 6) is 5.66. The number of halogens is 1. The lowest BCUT2D eigenvalue weighted by molar-refractivity contribution is 0.333. The van der Waals surface area contributed by atoms with Gasteiger partial charge in [-0.2, -0.15) is 0 Å². The van der Waals surface area contributed by atoms with Crippen LogP contribution in [0.1, 0.15) is 50.8 Å². The van der Waals surface area contributed by atoms with Crippen LogP contribution >= 0.6 is 11.6 Å². The van der Waals surface area contributed by atoms with Crippen LogP contribution in [0.15, 0.2) is 18.2 Å². The molecule has 1 atom stereocenters. The van der Waals surface area contributed by atoms with E-state index < -0.39 is 0 Å². The minimum Gasteiger partial charge on any atom is -0.271 e. The summed E-state index contributed by atoms with van der Waals surface area (Å²) in [4.78, 5) is 0. The molecule has 0 fully saturated rings. The first-order valence-electron chi connectivity index (χ1n) is 6.05. The van der Waals surface area contributed by atoms with E-state index in [-0.39, 0.29) is 6.04 Å². The first-order valence-corrected chi connectivity index (χ1v) is 6.43. The van der Waals surface area contributed by atoms with Crippen molar-refractivity contribution in [2.24, 2.45) is 11.3 Å². The SMILES string of the molecule is Cc1cc(Cl)ccc1C(CCC(C)(C)C)NN. The van der Waals surface area contributed by atoms with E-state index in [1.54, 1.807) is 0 Å². The van der Waals surface area contributed by atoms with E-state index in [4.69, 9.17) is 17.4 Å². The molecule has 0 aliphatic rings. The second kappa shape index (κ2) is 5.85. The van der Waals surface area contributed by atoms with Crippen molar-refractivity contribution in [3.63, 3.8) is 0 Å². The normalized spacial score (nSPS) is 13.8. The molecule has 2 nitrogen and oxygen atoms in total. The highest BCUT2D eigenvalue weighted by atomic mass is 35.5. The zero-order valence-electron chi connectivity index (χ0n) is 11.2. The smallest absolute Gasteiger partial charge is 0.0462 e. The summed E-state index contributed by atoms with van der Waals surface area (Å²) in [5, 5.41) is 0.776. The Bertz CT molecular complexity index is 369. The third kappa shape index (κ3) is 4.66. The van der Waals surface area contributed by atoms with Gasteiger partial charge < -0.3 is 0 Å². The quantitative estimate of drug-likeness (QED) is 0.630. The average molecular weight is 255 g/mol. The van der Waals surface area contributed by atoms with Crippen LogP contribution in [-0.2, 0) is 0 Å². The summed E-state index contributed by atoms with van der Waals surface area (Å²) < 4.78 is 0.